The minimum Gasteiger partial charge on any atom is -0.469 e. The second-order valence-electron chi connectivity index (χ2n) is 2.53. The maximum Gasteiger partial charge on any atom is 0.312 e. The van der Waals surface area contributed by atoms with Gasteiger partial charge in [-0.15, -0.1) is 13.2 Å². The van der Waals surface area contributed by atoms with Gasteiger partial charge in [0.1, 0.15) is 0 Å². The monoisotopic (exact) mass is 154 g/mol. The summed E-state index contributed by atoms with van der Waals surface area (Å²) >= 11 is 0. The summed E-state index contributed by atoms with van der Waals surface area (Å²) in [6.07, 6.45) is 2.21. The lowest BCUT2D eigenvalue weighted by Gasteiger charge is -2.08. The molecule has 0 bridgehead atoms. The minimum atomic E-state index is -0.247. The van der Waals surface area contributed by atoms with Crippen molar-refractivity contribution in [3.63, 3.8) is 0 Å². The standard InChI is InChI=1S/C9H14O2/c1-5-8(6-7(2)3)9(10)11-4/h5,8H,1-2,6H2,3-4H3. The third-order valence-corrected chi connectivity index (χ3v) is 1.36. The quantitative estimate of drug-likeness (QED) is 0.457. The summed E-state index contributed by atoms with van der Waals surface area (Å²) < 4.78 is 4.55. The highest BCUT2D eigenvalue weighted by atomic mass is 16.5. The summed E-state index contributed by atoms with van der Waals surface area (Å²) in [5.74, 6) is -0.486. The molecule has 62 valence electrons. The first-order valence-corrected chi connectivity index (χ1v) is 3.46. The number of allylic oxidation sites excluding steroid dienone is 1. The average Bonchev–Trinajstić information content (AvgIpc) is 1.98. The van der Waals surface area contributed by atoms with Crippen LogP contribution in [0.4, 0.5) is 0 Å². The molecule has 0 aromatic carbocycles. The van der Waals surface area contributed by atoms with Gasteiger partial charge in [0.2, 0.25) is 0 Å². The number of ether oxygens (including phenoxy) is 1. The SMILES string of the molecule is C=CC(CC(=C)C)C(=O)OC. The van der Waals surface area contributed by atoms with Crippen LogP contribution in [-0.4, -0.2) is 13.1 Å². The number of hydrogen-bond donors (Lipinski definition) is 0. The molecule has 2 nitrogen and oxygen atoms in total. The second-order valence-corrected chi connectivity index (χ2v) is 2.53. The van der Waals surface area contributed by atoms with E-state index in [1.165, 1.54) is 7.11 Å². The molecule has 0 aromatic rings. The molecule has 0 aliphatic rings. The molecular weight excluding hydrogens is 140 g/mol. The molecule has 0 aromatic heterocycles. The first kappa shape index (κ1) is 9.95. The fraction of sp³-hybridized carbons (Fsp3) is 0.444. The van der Waals surface area contributed by atoms with Crippen LogP contribution < -0.4 is 0 Å². The predicted octanol–water partition coefficient (Wildman–Crippen LogP) is 1.93. The van der Waals surface area contributed by atoms with Crippen molar-refractivity contribution in [2.45, 2.75) is 13.3 Å². The highest BCUT2D eigenvalue weighted by Crippen LogP contribution is 2.11. The van der Waals surface area contributed by atoms with Crippen molar-refractivity contribution < 1.29 is 9.53 Å². The Labute approximate surface area is 67.6 Å². The highest BCUT2D eigenvalue weighted by Gasteiger charge is 2.14. The van der Waals surface area contributed by atoms with E-state index in [0.29, 0.717) is 6.42 Å². The number of carbonyl (C=O) groups excluding carboxylic acids is 1. The first-order valence-electron chi connectivity index (χ1n) is 3.46. The first-order chi connectivity index (χ1) is 5.11. The van der Waals surface area contributed by atoms with E-state index in [2.05, 4.69) is 17.9 Å². The van der Waals surface area contributed by atoms with Gasteiger partial charge in [0.15, 0.2) is 0 Å². The van der Waals surface area contributed by atoms with Crippen LogP contribution in [0.3, 0.4) is 0 Å². The molecule has 11 heavy (non-hydrogen) atoms. The lowest BCUT2D eigenvalue weighted by atomic mass is 10.0. The third kappa shape index (κ3) is 3.61. The second kappa shape index (κ2) is 4.72. The number of rotatable bonds is 4. The maximum atomic E-state index is 10.9. The molecule has 0 saturated carbocycles. The fourth-order valence-corrected chi connectivity index (χ4v) is 0.790. The molecule has 0 N–H and O–H groups in total. The third-order valence-electron chi connectivity index (χ3n) is 1.36. The minimum absolute atomic E-state index is 0.238. The molecule has 0 saturated heterocycles. The molecule has 0 fully saturated rings. The highest BCUT2D eigenvalue weighted by molar-refractivity contribution is 5.74. The van der Waals surface area contributed by atoms with E-state index < -0.39 is 0 Å². The summed E-state index contributed by atoms with van der Waals surface area (Å²) in [6, 6.07) is 0. The summed E-state index contributed by atoms with van der Waals surface area (Å²) in [5, 5.41) is 0. The molecule has 2 heteroatoms. The van der Waals surface area contributed by atoms with Crippen LogP contribution in [-0.2, 0) is 9.53 Å². The number of hydrogen-bond acceptors (Lipinski definition) is 2. The van der Waals surface area contributed by atoms with E-state index in [4.69, 9.17) is 0 Å². The van der Waals surface area contributed by atoms with Gasteiger partial charge in [0.25, 0.3) is 0 Å². The van der Waals surface area contributed by atoms with Gasteiger partial charge in [-0.25, -0.2) is 0 Å². The molecule has 0 aliphatic heterocycles. The summed E-state index contributed by atoms with van der Waals surface area (Å²) in [6.45, 7) is 9.12. The van der Waals surface area contributed by atoms with Gasteiger partial charge in [0, 0.05) is 0 Å². The van der Waals surface area contributed by atoms with E-state index in [-0.39, 0.29) is 11.9 Å². The van der Waals surface area contributed by atoms with E-state index in [0.717, 1.165) is 5.57 Å². The normalized spacial score (nSPS) is 11.8. The lowest BCUT2D eigenvalue weighted by Crippen LogP contribution is -2.13. The average molecular weight is 154 g/mol. The van der Waals surface area contributed by atoms with Crippen LogP contribution in [0.1, 0.15) is 13.3 Å². The zero-order valence-electron chi connectivity index (χ0n) is 7.09. The summed E-state index contributed by atoms with van der Waals surface area (Å²) in [7, 11) is 1.37. The van der Waals surface area contributed by atoms with Crippen LogP contribution >= 0.6 is 0 Å². The van der Waals surface area contributed by atoms with E-state index in [1.54, 1.807) is 6.08 Å². The van der Waals surface area contributed by atoms with Crippen molar-refractivity contribution in [2.75, 3.05) is 7.11 Å². The van der Waals surface area contributed by atoms with Gasteiger partial charge in [-0.3, -0.25) is 4.79 Å². The van der Waals surface area contributed by atoms with Crippen LogP contribution in [0, 0.1) is 5.92 Å². The molecule has 0 heterocycles. The Morgan fingerprint density at radius 2 is 2.27 bits per heavy atom. The topological polar surface area (TPSA) is 26.3 Å². The van der Waals surface area contributed by atoms with Crippen molar-refractivity contribution >= 4 is 5.97 Å². The molecule has 1 atom stereocenters. The van der Waals surface area contributed by atoms with Crippen LogP contribution in [0.5, 0.6) is 0 Å². The number of esters is 1. The van der Waals surface area contributed by atoms with Crippen LogP contribution in [0.15, 0.2) is 24.8 Å². The Morgan fingerprint density at radius 1 is 1.73 bits per heavy atom. The van der Waals surface area contributed by atoms with Crippen molar-refractivity contribution in [1.82, 2.24) is 0 Å². The lowest BCUT2D eigenvalue weighted by molar-refractivity contribution is -0.143. The zero-order chi connectivity index (χ0) is 8.85. The molecule has 0 radical (unpaired) electrons. The Kier molecular flexibility index (Phi) is 4.27. The van der Waals surface area contributed by atoms with Gasteiger partial charge in [-0.2, -0.15) is 0 Å². The molecule has 0 amide bonds. The van der Waals surface area contributed by atoms with Crippen molar-refractivity contribution in [3.8, 4) is 0 Å². The Hall–Kier alpha value is -1.05. The molecular formula is C9H14O2. The van der Waals surface area contributed by atoms with Gasteiger partial charge in [-0.05, 0) is 13.3 Å². The molecule has 0 rings (SSSR count). The van der Waals surface area contributed by atoms with E-state index in [1.807, 2.05) is 6.92 Å². The predicted molar refractivity (Wildman–Crippen MR) is 45.1 cm³/mol. The Bertz CT molecular complexity index is 170. The smallest absolute Gasteiger partial charge is 0.312 e. The van der Waals surface area contributed by atoms with E-state index in [9.17, 15) is 4.79 Å². The number of carbonyl (C=O) groups is 1. The fourth-order valence-electron chi connectivity index (χ4n) is 0.790. The van der Waals surface area contributed by atoms with Crippen molar-refractivity contribution in [3.05, 3.63) is 24.8 Å². The van der Waals surface area contributed by atoms with Crippen molar-refractivity contribution in [1.29, 1.82) is 0 Å². The summed E-state index contributed by atoms with van der Waals surface area (Å²) in [4.78, 5) is 10.9. The zero-order valence-corrected chi connectivity index (χ0v) is 7.09. The summed E-state index contributed by atoms with van der Waals surface area (Å²) in [5.41, 5.74) is 0.959. The van der Waals surface area contributed by atoms with Gasteiger partial charge < -0.3 is 4.74 Å². The number of methoxy groups -OCH3 is 1. The maximum absolute atomic E-state index is 10.9. The van der Waals surface area contributed by atoms with Gasteiger partial charge in [0.05, 0.1) is 13.0 Å². The molecule has 0 aliphatic carbocycles. The van der Waals surface area contributed by atoms with Gasteiger partial charge in [-0.1, -0.05) is 11.6 Å². The largest absolute Gasteiger partial charge is 0.469 e. The van der Waals surface area contributed by atoms with Crippen LogP contribution in [0.2, 0.25) is 0 Å². The van der Waals surface area contributed by atoms with Crippen molar-refractivity contribution in [2.24, 2.45) is 5.92 Å². The van der Waals surface area contributed by atoms with Gasteiger partial charge >= 0.3 is 5.97 Å². The Morgan fingerprint density at radius 3 is 2.55 bits per heavy atom. The molecule has 1 unspecified atom stereocenters. The van der Waals surface area contributed by atoms with Crippen LogP contribution in [0.25, 0.3) is 0 Å². The van der Waals surface area contributed by atoms with E-state index >= 15 is 0 Å². The molecule has 0 spiro atoms. The Balaban J connectivity index is 4.05.